The number of nitrogens with one attached hydrogen (secondary N) is 1. The number of benzene rings is 2. The molecule has 2 N–H and O–H groups in total. The summed E-state index contributed by atoms with van der Waals surface area (Å²) in [6.45, 7) is 2.66. The fourth-order valence-corrected chi connectivity index (χ4v) is 1.90. The summed E-state index contributed by atoms with van der Waals surface area (Å²) in [5.74, 6) is 0.587. The van der Waals surface area contributed by atoms with E-state index in [1.54, 1.807) is 12.1 Å². The first-order valence-electron chi connectivity index (χ1n) is 6.51. The molecule has 106 valence electrons. The first-order chi connectivity index (χ1) is 9.65. The Labute approximate surface area is 124 Å². The molecule has 0 aliphatic carbocycles. The molecule has 0 radical (unpaired) electrons. The Hall–Kier alpha value is -1.71. The third-order valence-electron chi connectivity index (χ3n) is 2.86. The number of aliphatic hydroxyl groups is 1. The van der Waals surface area contributed by atoms with Gasteiger partial charge in [0, 0.05) is 12.2 Å². The van der Waals surface area contributed by atoms with Gasteiger partial charge in [-0.2, -0.15) is 0 Å². The van der Waals surface area contributed by atoms with Gasteiger partial charge in [-0.3, -0.25) is 0 Å². The van der Waals surface area contributed by atoms with Crippen molar-refractivity contribution in [2.24, 2.45) is 0 Å². The van der Waals surface area contributed by atoms with Crippen LogP contribution < -0.4 is 10.1 Å². The molecule has 4 heteroatoms. The predicted octanol–water partition coefficient (Wildman–Crippen LogP) is 3.50. The van der Waals surface area contributed by atoms with E-state index in [0.717, 1.165) is 5.69 Å². The van der Waals surface area contributed by atoms with Gasteiger partial charge in [0.05, 0.1) is 5.02 Å². The minimum Gasteiger partial charge on any atom is -0.489 e. The monoisotopic (exact) mass is 291 g/mol. The lowest BCUT2D eigenvalue weighted by atomic mass is 10.2. The van der Waals surface area contributed by atoms with Crippen molar-refractivity contribution >= 4 is 17.3 Å². The molecular weight excluding hydrogens is 274 g/mol. The standard InChI is InChI=1S/C16H18ClNO2/c1-12-6-8-13(9-7-12)18-10-14(19)11-20-16-5-3-2-4-15(16)17/h2-9,14,18-19H,10-11H2,1H3. The van der Waals surface area contributed by atoms with Crippen LogP contribution in [-0.2, 0) is 0 Å². The van der Waals surface area contributed by atoms with Gasteiger partial charge in [-0.05, 0) is 31.2 Å². The summed E-state index contributed by atoms with van der Waals surface area (Å²) >= 11 is 5.97. The molecule has 0 heterocycles. The highest BCUT2D eigenvalue weighted by Gasteiger charge is 2.07. The normalized spacial score (nSPS) is 11.9. The molecule has 0 spiro atoms. The van der Waals surface area contributed by atoms with Crippen LogP contribution in [0.2, 0.25) is 5.02 Å². The highest BCUT2D eigenvalue weighted by molar-refractivity contribution is 6.32. The number of hydrogen-bond acceptors (Lipinski definition) is 3. The predicted molar refractivity (Wildman–Crippen MR) is 82.6 cm³/mol. The van der Waals surface area contributed by atoms with E-state index in [1.807, 2.05) is 43.3 Å². The van der Waals surface area contributed by atoms with E-state index in [1.165, 1.54) is 5.56 Å². The van der Waals surface area contributed by atoms with E-state index in [0.29, 0.717) is 17.3 Å². The molecule has 0 saturated heterocycles. The fraction of sp³-hybridized carbons (Fsp3) is 0.250. The van der Waals surface area contributed by atoms with Crippen LogP contribution >= 0.6 is 11.6 Å². The van der Waals surface area contributed by atoms with Gasteiger partial charge < -0.3 is 15.2 Å². The van der Waals surface area contributed by atoms with Crippen molar-refractivity contribution in [3.63, 3.8) is 0 Å². The van der Waals surface area contributed by atoms with E-state index in [4.69, 9.17) is 16.3 Å². The van der Waals surface area contributed by atoms with Crippen LogP contribution in [0.15, 0.2) is 48.5 Å². The molecule has 0 aliphatic heterocycles. The summed E-state index contributed by atoms with van der Waals surface area (Å²) in [4.78, 5) is 0. The van der Waals surface area contributed by atoms with E-state index in [-0.39, 0.29) is 6.61 Å². The van der Waals surface area contributed by atoms with Crippen LogP contribution in [-0.4, -0.2) is 24.4 Å². The van der Waals surface area contributed by atoms with Crippen molar-refractivity contribution < 1.29 is 9.84 Å². The largest absolute Gasteiger partial charge is 0.489 e. The molecule has 2 rings (SSSR count). The van der Waals surface area contributed by atoms with Crippen molar-refractivity contribution in [2.45, 2.75) is 13.0 Å². The second kappa shape index (κ2) is 7.17. The number of aryl methyl sites for hydroxylation is 1. The van der Waals surface area contributed by atoms with Gasteiger partial charge in [-0.1, -0.05) is 41.4 Å². The summed E-state index contributed by atoms with van der Waals surface area (Å²) in [6, 6.07) is 15.2. The summed E-state index contributed by atoms with van der Waals surface area (Å²) < 4.78 is 5.48. The Morgan fingerprint density at radius 1 is 1.15 bits per heavy atom. The van der Waals surface area contributed by atoms with Gasteiger partial charge in [0.15, 0.2) is 0 Å². The number of para-hydroxylation sites is 1. The molecule has 2 aromatic carbocycles. The maximum Gasteiger partial charge on any atom is 0.138 e. The van der Waals surface area contributed by atoms with Gasteiger partial charge >= 0.3 is 0 Å². The number of halogens is 1. The zero-order valence-corrected chi connectivity index (χ0v) is 12.1. The molecule has 0 aliphatic rings. The molecule has 0 aromatic heterocycles. The summed E-state index contributed by atoms with van der Waals surface area (Å²) in [5, 5.41) is 13.6. The maximum absolute atomic E-state index is 9.89. The van der Waals surface area contributed by atoms with Gasteiger partial charge in [0.2, 0.25) is 0 Å². The highest BCUT2D eigenvalue weighted by atomic mass is 35.5. The van der Waals surface area contributed by atoms with Gasteiger partial charge in [0.25, 0.3) is 0 Å². The molecule has 3 nitrogen and oxygen atoms in total. The zero-order chi connectivity index (χ0) is 14.4. The summed E-state index contributed by atoms with van der Waals surface area (Å²) in [5.41, 5.74) is 2.19. The SMILES string of the molecule is Cc1ccc(NCC(O)COc2ccccc2Cl)cc1. The minimum atomic E-state index is -0.604. The Bertz CT molecular complexity index is 542. The van der Waals surface area contributed by atoms with Crippen LogP contribution in [0.4, 0.5) is 5.69 Å². The first-order valence-corrected chi connectivity index (χ1v) is 6.89. The molecule has 20 heavy (non-hydrogen) atoms. The van der Waals surface area contributed by atoms with E-state index in [2.05, 4.69) is 5.32 Å². The van der Waals surface area contributed by atoms with Crippen LogP contribution in [0, 0.1) is 6.92 Å². The average molecular weight is 292 g/mol. The Balaban J connectivity index is 1.77. The molecular formula is C16H18ClNO2. The third kappa shape index (κ3) is 4.44. The van der Waals surface area contributed by atoms with Crippen molar-refractivity contribution in [1.29, 1.82) is 0 Å². The maximum atomic E-state index is 9.89. The molecule has 2 aromatic rings. The number of rotatable bonds is 6. The molecule has 1 atom stereocenters. The van der Waals surface area contributed by atoms with E-state index < -0.39 is 6.10 Å². The van der Waals surface area contributed by atoms with Gasteiger partial charge in [-0.15, -0.1) is 0 Å². The van der Waals surface area contributed by atoms with Crippen molar-refractivity contribution in [3.05, 3.63) is 59.1 Å². The lowest BCUT2D eigenvalue weighted by molar-refractivity contribution is 0.117. The molecule has 0 bridgehead atoms. The van der Waals surface area contributed by atoms with Crippen molar-refractivity contribution in [2.75, 3.05) is 18.5 Å². The summed E-state index contributed by atoms with van der Waals surface area (Å²) in [6.07, 6.45) is -0.604. The fourth-order valence-electron chi connectivity index (χ4n) is 1.71. The van der Waals surface area contributed by atoms with Crippen LogP contribution in [0.1, 0.15) is 5.56 Å². The second-order valence-corrected chi connectivity index (χ2v) is 5.05. The van der Waals surface area contributed by atoms with Crippen molar-refractivity contribution in [1.82, 2.24) is 0 Å². The summed E-state index contributed by atoms with van der Waals surface area (Å²) in [7, 11) is 0. The second-order valence-electron chi connectivity index (χ2n) is 4.64. The Morgan fingerprint density at radius 2 is 1.85 bits per heavy atom. The first kappa shape index (κ1) is 14.7. The van der Waals surface area contributed by atoms with Crippen LogP contribution in [0.3, 0.4) is 0 Å². The molecule has 1 unspecified atom stereocenters. The third-order valence-corrected chi connectivity index (χ3v) is 3.17. The van der Waals surface area contributed by atoms with E-state index in [9.17, 15) is 5.11 Å². The average Bonchev–Trinajstić information content (AvgIpc) is 2.46. The van der Waals surface area contributed by atoms with Crippen LogP contribution in [0.25, 0.3) is 0 Å². The number of aliphatic hydroxyl groups excluding tert-OH is 1. The quantitative estimate of drug-likeness (QED) is 0.856. The number of ether oxygens (including phenoxy) is 1. The van der Waals surface area contributed by atoms with Gasteiger partial charge in [0.1, 0.15) is 18.5 Å². The zero-order valence-electron chi connectivity index (χ0n) is 11.3. The minimum absolute atomic E-state index is 0.197. The Morgan fingerprint density at radius 3 is 2.55 bits per heavy atom. The molecule has 0 amide bonds. The molecule has 0 fully saturated rings. The lowest BCUT2D eigenvalue weighted by Gasteiger charge is -2.14. The number of hydrogen-bond donors (Lipinski definition) is 2. The number of anilines is 1. The lowest BCUT2D eigenvalue weighted by Crippen LogP contribution is -2.26. The topological polar surface area (TPSA) is 41.5 Å². The van der Waals surface area contributed by atoms with Crippen LogP contribution in [0.5, 0.6) is 5.75 Å². The van der Waals surface area contributed by atoms with Crippen molar-refractivity contribution in [3.8, 4) is 5.75 Å². The highest BCUT2D eigenvalue weighted by Crippen LogP contribution is 2.23. The van der Waals surface area contributed by atoms with Gasteiger partial charge in [-0.25, -0.2) is 0 Å². The smallest absolute Gasteiger partial charge is 0.138 e. The van der Waals surface area contributed by atoms with E-state index >= 15 is 0 Å². The molecule has 0 saturated carbocycles. The Kier molecular flexibility index (Phi) is 5.27.